The average Bonchev–Trinajstić information content (AvgIpc) is 2.34. The van der Waals surface area contributed by atoms with E-state index in [2.05, 4.69) is 21.7 Å². The predicted molar refractivity (Wildman–Crippen MR) is 84.0 cm³/mol. The number of benzene rings is 1. The Hall–Kier alpha value is -1.11. The molecule has 20 heavy (non-hydrogen) atoms. The zero-order chi connectivity index (χ0) is 15.2. The summed E-state index contributed by atoms with van der Waals surface area (Å²) in [5.41, 5.74) is 1.55. The van der Waals surface area contributed by atoms with E-state index in [9.17, 15) is 8.42 Å². The first kappa shape index (κ1) is 16.9. The Morgan fingerprint density at radius 1 is 1.15 bits per heavy atom. The van der Waals surface area contributed by atoms with Crippen molar-refractivity contribution in [3.8, 4) is 0 Å². The van der Waals surface area contributed by atoms with E-state index in [1.165, 1.54) is 0 Å². The summed E-state index contributed by atoms with van der Waals surface area (Å²) >= 11 is 0. The molecule has 0 saturated carbocycles. The van der Waals surface area contributed by atoms with Crippen molar-refractivity contribution in [3.05, 3.63) is 29.8 Å². The van der Waals surface area contributed by atoms with Gasteiger partial charge in [-0.15, -0.1) is 0 Å². The van der Waals surface area contributed by atoms with Gasteiger partial charge in [-0.25, -0.2) is 0 Å². The van der Waals surface area contributed by atoms with Gasteiger partial charge >= 0.3 is 0 Å². The number of anilines is 1. The van der Waals surface area contributed by atoms with Crippen LogP contribution < -0.4 is 14.8 Å². The molecule has 0 heterocycles. The molecule has 1 aromatic carbocycles. The molecule has 114 valence electrons. The summed E-state index contributed by atoms with van der Waals surface area (Å²) in [6.07, 6.45) is 1.03. The topological polar surface area (TPSA) is 70.2 Å². The molecule has 1 aromatic rings. The van der Waals surface area contributed by atoms with Crippen LogP contribution in [0.4, 0.5) is 5.69 Å². The monoisotopic (exact) mass is 299 g/mol. The van der Waals surface area contributed by atoms with Crippen LogP contribution in [0.3, 0.4) is 0 Å². The second kappa shape index (κ2) is 7.61. The first-order valence-electron chi connectivity index (χ1n) is 6.98. The second-order valence-electron chi connectivity index (χ2n) is 5.14. The van der Waals surface area contributed by atoms with Crippen LogP contribution in [-0.4, -0.2) is 21.0 Å². The molecule has 0 aliphatic carbocycles. The SMILES string of the molecule is CCCNC(C)c1ccccc1NS(=O)(=O)NC(C)C. The Kier molecular flexibility index (Phi) is 6.45. The number of rotatable bonds is 8. The molecule has 0 spiro atoms. The Labute approximate surface area is 122 Å². The van der Waals surface area contributed by atoms with E-state index >= 15 is 0 Å². The molecule has 0 aromatic heterocycles. The van der Waals surface area contributed by atoms with Crippen molar-refractivity contribution in [2.45, 2.75) is 46.2 Å². The molecule has 6 heteroatoms. The third-order valence-corrected chi connectivity index (χ3v) is 4.03. The molecule has 1 atom stereocenters. The fraction of sp³-hybridized carbons (Fsp3) is 0.571. The summed E-state index contributed by atoms with van der Waals surface area (Å²) in [7, 11) is -3.54. The molecule has 0 aliphatic rings. The fourth-order valence-electron chi connectivity index (χ4n) is 1.92. The molecule has 0 amide bonds. The first-order valence-corrected chi connectivity index (χ1v) is 8.46. The molecule has 0 saturated heterocycles. The van der Waals surface area contributed by atoms with Crippen molar-refractivity contribution in [2.24, 2.45) is 0 Å². The van der Waals surface area contributed by atoms with Crippen LogP contribution in [0.25, 0.3) is 0 Å². The first-order chi connectivity index (χ1) is 9.35. The molecule has 0 fully saturated rings. The Morgan fingerprint density at radius 3 is 2.40 bits per heavy atom. The van der Waals surface area contributed by atoms with Gasteiger partial charge in [-0.2, -0.15) is 13.1 Å². The molecular formula is C14H25N3O2S. The van der Waals surface area contributed by atoms with Crippen LogP contribution in [0.5, 0.6) is 0 Å². The third kappa shape index (κ3) is 5.48. The lowest BCUT2D eigenvalue weighted by Gasteiger charge is -2.19. The summed E-state index contributed by atoms with van der Waals surface area (Å²) in [6, 6.07) is 7.39. The minimum Gasteiger partial charge on any atom is -0.310 e. The summed E-state index contributed by atoms with van der Waals surface area (Å²) in [5.74, 6) is 0. The summed E-state index contributed by atoms with van der Waals surface area (Å²) in [6.45, 7) is 8.60. The molecule has 0 bridgehead atoms. The zero-order valence-corrected chi connectivity index (χ0v) is 13.4. The Balaban J connectivity index is 2.90. The number of para-hydroxylation sites is 1. The summed E-state index contributed by atoms with van der Waals surface area (Å²) < 4.78 is 29.0. The van der Waals surface area contributed by atoms with E-state index in [0.717, 1.165) is 18.5 Å². The van der Waals surface area contributed by atoms with Gasteiger partial charge < -0.3 is 5.32 Å². The number of hydrogen-bond donors (Lipinski definition) is 3. The van der Waals surface area contributed by atoms with Crippen molar-refractivity contribution in [1.82, 2.24) is 10.0 Å². The van der Waals surface area contributed by atoms with Crippen LogP contribution >= 0.6 is 0 Å². The standard InChI is InChI=1S/C14H25N3O2S/c1-5-10-15-12(4)13-8-6-7-9-14(13)17-20(18,19)16-11(2)3/h6-9,11-12,15-17H,5,10H2,1-4H3. The minimum atomic E-state index is -3.54. The zero-order valence-electron chi connectivity index (χ0n) is 12.6. The Morgan fingerprint density at radius 2 is 1.80 bits per heavy atom. The van der Waals surface area contributed by atoms with Gasteiger partial charge in [-0.3, -0.25) is 4.72 Å². The Bertz CT molecular complexity index is 515. The predicted octanol–water partition coefficient (Wildman–Crippen LogP) is 2.40. The molecule has 1 unspecified atom stereocenters. The van der Waals surface area contributed by atoms with Gasteiger partial charge in [0.15, 0.2) is 0 Å². The average molecular weight is 299 g/mol. The quantitative estimate of drug-likeness (QED) is 0.690. The highest BCUT2D eigenvalue weighted by atomic mass is 32.2. The van der Waals surface area contributed by atoms with E-state index in [-0.39, 0.29) is 12.1 Å². The number of hydrogen-bond acceptors (Lipinski definition) is 3. The van der Waals surface area contributed by atoms with Gasteiger partial charge in [0, 0.05) is 12.1 Å². The van der Waals surface area contributed by atoms with Crippen LogP contribution in [0, 0.1) is 0 Å². The van der Waals surface area contributed by atoms with Crippen molar-refractivity contribution in [3.63, 3.8) is 0 Å². The maximum Gasteiger partial charge on any atom is 0.299 e. The lowest BCUT2D eigenvalue weighted by Crippen LogP contribution is -2.35. The van der Waals surface area contributed by atoms with E-state index < -0.39 is 10.2 Å². The van der Waals surface area contributed by atoms with Gasteiger partial charge in [0.1, 0.15) is 0 Å². The van der Waals surface area contributed by atoms with Gasteiger partial charge in [0.2, 0.25) is 0 Å². The van der Waals surface area contributed by atoms with Crippen LogP contribution in [0.1, 0.15) is 45.7 Å². The van der Waals surface area contributed by atoms with Gasteiger partial charge in [0.25, 0.3) is 10.2 Å². The molecule has 5 nitrogen and oxygen atoms in total. The maximum absolute atomic E-state index is 12.0. The van der Waals surface area contributed by atoms with Crippen LogP contribution in [0.2, 0.25) is 0 Å². The molecule has 1 rings (SSSR count). The van der Waals surface area contributed by atoms with E-state index in [4.69, 9.17) is 0 Å². The lowest BCUT2D eigenvalue weighted by atomic mass is 10.1. The minimum absolute atomic E-state index is 0.0906. The van der Waals surface area contributed by atoms with Crippen LogP contribution in [0.15, 0.2) is 24.3 Å². The number of nitrogens with one attached hydrogen (secondary N) is 3. The molecule has 0 aliphatic heterocycles. The lowest BCUT2D eigenvalue weighted by molar-refractivity contribution is 0.569. The highest BCUT2D eigenvalue weighted by Crippen LogP contribution is 2.23. The van der Waals surface area contributed by atoms with E-state index in [0.29, 0.717) is 5.69 Å². The van der Waals surface area contributed by atoms with E-state index in [1.807, 2.05) is 25.1 Å². The van der Waals surface area contributed by atoms with Gasteiger partial charge in [0.05, 0.1) is 5.69 Å². The maximum atomic E-state index is 12.0. The normalized spacial score (nSPS) is 13.4. The smallest absolute Gasteiger partial charge is 0.299 e. The highest BCUT2D eigenvalue weighted by Gasteiger charge is 2.15. The molecular weight excluding hydrogens is 274 g/mol. The molecule has 0 radical (unpaired) electrons. The van der Waals surface area contributed by atoms with Gasteiger partial charge in [-0.1, -0.05) is 25.1 Å². The van der Waals surface area contributed by atoms with Crippen molar-refractivity contribution < 1.29 is 8.42 Å². The van der Waals surface area contributed by atoms with Crippen molar-refractivity contribution in [2.75, 3.05) is 11.3 Å². The van der Waals surface area contributed by atoms with Gasteiger partial charge in [-0.05, 0) is 45.4 Å². The van der Waals surface area contributed by atoms with Crippen molar-refractivity contribution >= 4 is 15.9 Å². The highest BCUT2D eigenvalue weighted by molar-refractivity contribution is 7.90. The largest absolute Gasteiger partial charge is 0.310 e. The van der Waals surface area contributed by atoms with E-state index in [1.54, 1.807) is 19.9 Å². The summed E-state index contributed by atoms with van der Waals surface area (Å²) in [5, 5.41) is 3.36. The van der Waals surface area contributed by atoms with Crippen LogP contribution in [-0.2, 0) is 10.2 Å². The molecule has 3 N–H and O–H groups in total. The summed E-state index contributed by atoms with van der Waals surface area (Å²) in [4.78, 5) is 0. The fourth-order valence-corrected chi connectivity index (χ4v) is 3.08. The third-order valence-electron chi connectivity index (χ3n) is 2.76. The second-order valence-corrected chi connectivity index (χ2v) is 6.59. The van der Waals surface area contributed by atoms with Crippen molar-refractivity contribution in [1.29, 1.82) is 0 Å².